The minimum absolute atomic E-state index is 0.125. The van der Waals surface area contributed by atoms with Crippen LogP contribution in [0, 0.1) is 5.82 Å². The molecule has 1 aromatic carbocycles. The largest absolute Gasteiger partial charge is 0.493 e. The van der Waals surface area contributed by atoms with Crippen LogP contribution >= 0.6 is 0 Å². The molecule has 0 bridgehead atoms. The van der Waals surface area contributed by atoms with Gasteiger partial charge in [-0.1, -0.05) is 6.92 Å². The van der Waals surface area contributed by atoms with Crippen LogP contribution in [0.2, 0.25) is 0 Å². The second kappa shape index (κ2) is 7.22. The molecule has 1 N–H and O–H groups in total. The van der Waals surface area contributed by atoms with E-state index in [1.807, 2.05) is 0 Å². The molecule has 0 unspecified atom stereocenters. The smallest absolute Gasteiger partial charge is 0.150 e. The van der Waals surface area contributed by atoms with E-state index in [0.717, 1.165) is 5.56 Å². The van der Waals surface area contributed by atoms with Gasteiger partial charge in [0.2, 0.25) is 0 Å². The van der Waals surface area contributed by atoms with E-state index in [1.54, 1.807) is 13.0 Å². The number of rotatable bonds is 9. The predicted octanol–water partition coefficient (Wildman–Crippen LogP) is 2.28. The molecule has 4 nitrogen and oxygen atoms in total. The molecule has 1 saturated carbocycles. The summed E-state index contributed by atoms with van der Waals surface area (Å²) in [6.07, 6.45) is 2.78. The molecule has 0 heterocycles. The van der Waals surface area contributed by atoms with Gasteiger partial charge in [0.05, 0.1) is 12.4 Å². The quantitative estimate of drug-likeness (QED) is 0.710. The van der Waals surface area contributed by atoms with E-state index in [1.165, 1.54) is 25.0 Å². The minimum Gasteiger partial charge on any atom is -0.493 e. The molecule has 0 spiro atoms. The molecule has 0 saturated heterocycles. The molecule has 1 aliphatic rings. The fourth-order valence-electron chi connectivity index (χ4n) is 1.97. The molecule has 0 radical (unpaired) electrons. The molecule has 0 atom stereocenters. The van der Waals surface area contributed by atoms with E-state index in [9.17, 15) is 12.8 Å². The molecule has 1 fully saturated rings. The monoisotopic (exact) mass is 315 g/mol. The van der Waals surface area contributed by atoms with Crippen molar-refractivity contribution < 1.29 is 17.5 Å². The van der Waals surface area contributed by atoms with Crippen LogP contribution in [-0.2, 0) is 16.4 Å². The van der Waals surface area contributed by atoms with E-state index in [0.29, 0.717) is 31.4 Å². The molecular weight excluding hydrogens is 293 g/mol. The number of hydrogen-bond donors (Lipinski definition) is 1. The zero-order valence-electron chi connectivity index (χ0n) is 12.3. The summed E-state index contributed by atoms with van der Waals surface area (Å²) in [4.78, 5) is 0. The van der Waals surface area contributed by atoms with E-state index in [-0.39, 0.29) is 17.3 Å². The van der Waals surface area contributed by atoms with Crippen molar-refractivity contribution in [3.8, 4) is 5.75 Å². The molecular formula is C15H22FNO3S. The molecule has 0 aliphatic heterocycles. The summed E-state index contributed by atoms with van der Waals surface area (Å²) in [5, 5.41) is 3.32. The molecule has 6 heteroatoms. The first-order valence-corrected chi connectivity index (χ1v) is 9.17. The lowest BCUT2D eigenvalue weighted by Crippen LogP contribution is -2.17. The predicted molar refractivity (Wildman–Crippen MR) is 80.7 cm³/mol. The van der Waals surface area contributed by atoms with E-state index >= 15 is 0 Å². The highest BCUT2D eigenvalue weighted by atomic mass is 32.2. The van der Waals surface area contributed by atoms with Crippen LogP contribution in [0.15, 0.2) is 18.2 Å². The Balaban J connectivity index is 1.86. The Morgan fingerprint density at radius 2 is 2.14 bits per heavy atom. The van der Waals surface area contributed by atoms with Crippen LogP contribution in [0.25, 0.3) is 0 Å². The lowest BCUT2D eigenvalue weighted by atomic mass is 10.2. The number of hydrogen-bond acceptors (Lipinski definition) is 4. The molecule has 2 rings (SSSR count). The summed E-state index contributed by atoms with van der Waals surface area (Å²) in [6.45, 7) is 2.53. The summed E-state index contributed by atoms with van der Waals surface area (Å²) >= 11 is 0. The third kappa shape index (κ3) is 5.63. The summed E-state index contributed by atoms with van der Waals surface area (Å²) in [6, 6.07) is 4.97. The first-order chi connectivity index (χ1) is 10.00. The van der Waals surface area contributed by atoms with Gasteiger partial charge in [0.15, 0.2) is 0 Å². The lowest BCUT2D eigenvalue weighted by Gasteiger charge is -2.12. The van der Waals surface area contributed by atoms with E-state index in [4.69, 9.17) is 4.74 Å². The normalized spacial score (nSPS) is 15.1. The fraction of sp³-hybridized carbons (Fsp3) is 0.600. The summed E-state index contributed by atoms with van der Waals surface area (Å²) in [7, 11) is -2.96. The second-order valence-electron chi connectivity index (χ2n) is 5.35. The summed E-state index contributed by atoms with van der Waals surface area (Å²) in [5.41, 5.74) is 0.778. The Kier molecular flexibility index (Phi) is 5.58. The number of benzene rings is 1. The van der Waals surface area contributed by atoms with E-state index < -0.39 is 9.84 Å². The Bertz CT molecular complexity index is 570. The average molecular weight is 315 g/mol. The second-order valence-corrected chi connectivity index (χ2v) is 7.82. The number of nitrogens with one attached hydrogen (secondary N) is 1. The highest BCUT2D eigenvalue weighted by Crippen LogP contribution is 2.23. The van der Waals surface area contributed by atoms with Crippen LogP contribution in [0.3, 0.4) is 0 Å². The zero-order valence-corrected chi connectivity index (χ0v) is 13.1. The van der Waals surface area contributed by atoms with Gasteiger partial charge in [-0.25, -0.2) is 12.8 Å². The van der Waals surface area contributed by atoms with Crippen molar-refractivity contribution in [2.75, 3.05) is 18.1 Å². The molecule has 0 amide bonds. The summed E-state index contributed by atoms with van der Waals surface area (Å²) < 4.78 is 41.7. The number of sulfone groups is 1. The maximum absolute atomic E-state index is 13.3. The van der Waals surface area contributed by atoms with Crippen molar-refractivity contribution in [3.63, 3.8) is 0 Å². The van der Waals surface area contributed by atoms with Gasteiger partial charge in [-0.2, -0.15) is 0 Å². The highest BCUT2D eigenvalue weighted by molar-refractivity contribution is 7.91. The van der Waals surface area contributed by atoms with Crippen LogP contribution < -0.4 is 10.1 Å². The van der Waals surface area contributed by atoms with E-state index in [2.05, 4.69) is 5.32 Å². The zero-order chi connectivity index (χ0) is 15.3. The van der Waals surface area contributed by atoms with Crippen LogP contribution in [0.4, 0.5) is 4.39 Å². The van der Waals surface area contributed by atoms with Crippen LogP contribution in [-0.4, -0.2) is 32.6 Å². The summed E-state index contributed by atoms with van der Waals surface area (Å²) in [5.74, 6) is 0.613. The van der Waals surface area contributed by atoms with Gasteiger partial charge in [0.25, 0.3) is 0 Å². The van der Waals surface area contributed by atoms with Gasteiger partial charge >= 0.3 is 0 Å². The lowest BCUT2D eigenvalue weighted by molar-refractivity contribution is 0.313. The fourth-order valence-corrected chi connectivity index (χ4v) is 2.82. The maximum Gasteiger partial charge on any atom is 0.150 e. The van der Waals surface area contributed by atoms with Gasteiger partial charge in [-0.05, 0) is 37.5 Å². The minimum atomic E-state index is -2.96. The maximum atomic E-state index is 13.3. The Labute approximate surface area is 125 Å². The van der Waals surface area contributed by atoms with Gasteiger partial charge in [0, 0.05) is 23.9 Å². The average Bonchev–Trinajstić information content (AvgIpc) is 3.27. The van der Waals surface area contributed by atoms with Crippen molar-refractivity contribution in [1.29, 1.82) is 0 Å². The first-order valence-electron chi connectivity index (χ1n) is 7.35. The Morgan fingerprint density at radius 3 is 2.81 bits per heavy atom. The molecule has 118 valence electrons. The number of ether oxygens (including phenoxy) is 1. The third-order valence-corrected chi connectivity index (χ3v) is 5.27. The van der Waals surface area contributed by atoms with Crippen LogP contribution in [0.1, 0.15) is 31.7 Å². The topological polar surface area (TPSA) is 55.4 Å². The molecule has 0 aromatic heterocycles. The third-order valence-electron chi connectivity index (χ3n) is 3.48. The Morgan fingerprint density at radius 1 is 1.38 bits per heavy atom. The first kappa shape index (κ1) is 16.2. The SMILES string of the molecule is CCS(=O)(=O)CCCOc1ccc(F)cc1CNC1CC1. The highest BCUT2D eigenvalue weighted by Gasteiger charge is 2.20. The van der Waals surface area contributed by atoms with Gasteiger partial charge in [0.1, 0.15) is 21.4 Å². The van der Waals surface area contributed by atoms with Crippen molar-refractivity contribution >= 4 is 9.84 Å². The van der Waals surface area contributed by atoms with Crippen molar-refractivity contribution in [2.24, 2.45) is 0 Å². The van der Waals surface area contributed by atoms with Gasteiger partial charge in [-0.3, -0.25) is 0 Å². The van der Waals surface area contributed by atoms with Crippen molar-refractivity contribution in [2.45, 2.75) is 38.8 Å². The van der Waals surface area contributed by atoms with Gasteiger partial charge in [-0.15, -0.1) is 0 Å². The number of halogens is 1. The Hall–Kier alpha value is -1.14. The molecule has 1 aromatic rings. The van der Waals surface area contributed by atoms with Crippen molar-refractivity contribution in [1.82, 2.24) is 5.32 Å². The molecule has 1 aliphatic carbocycles. The standard InChI is InChI=1S/C15H22FNO3S/c1-2-21(18,19)9-3-8-20-15-7-4-13(16)10-12(15)11-17-14-5-6-14/h4,7,10,14,17H,2-3,5-6,8-9,11H2,1H3. The van der Waals surface area contributed by atoms with Crippen molar-refractivity contribution in [3.05, 3.63) is 29.6 Å². The molecule has 21 heavy (non-hydrogen) atoms. The van der Waals surface area contributed by atoms with Crippen LogP contribution in [0.5, 0.6) is 5.75 Å². The van der Waals surface area contributed by atoms with Gasteiger partial charge < -0.3 is 10.1 Å².